The van der Waals surface area contributed by atoms with E-state index in [9.17, 15) is 46.7 Å². The molecule has 10 rings (SSSR count). The number of aryl methyl sites for hydroxylation is 1. The van der Waals surface area contributed by atoms with Crippen molar-refractivity contribution >= 4 is 116 Å². The summed E-state index contributed by atoms with van der Waals surface area (Å²) in [5, 5.41) is 34.8. The molecule has 3 aliphatic rings. The van der Waals surface area contributed by atoms with E-state index in [4.69, 9.17) is 93.0 Å². The zero-order chi connectivity index (χ0) is 68.0. The van der Waals surface area contributed by atoms with Gasteiger partial charge < -0.3 is 68.9 Å². The Kier molecular flexibility index (Phi) is 39.7. The molecular formula is C61H68Cl4F3K2N11O14. The number of nitrogens with two attached hydrogens (primary N) is 3. The number of primary amides is 2. The van der Waals surface area contributed by atoms with Gasteiger partial charge >= 0.3 is 109 Å². The Bertz CT molecular complexity index is 3690. The van der Waals surface area contributed by atoms with Gasteiger partial charge in [-0.3, -0.25) is 47.7 Å². The number of carboxylic acid groups (broad SMARTS) is 1. The minimum Gasteiger partial charge on any atom is -1.00 e. The number of rotatable bonds is 21. The van der Waals surface area contributed by atoms with E-state index in [1.54, 1.807) is 78.9 Å². The van der Waals surface area contributed by atoms with Gasteiger partial charge in [-0.05, 0) is 61.6 Å². The number of benzene rings is 5. The van der Waals surface area contributed by atoms with Crippen LogP contribution in [0.2, 0.25) is 15.1 Å². The number of alkyl halides is 1. The van der Waals surface area contributed by atoms with Crippen LogP contribution in [0.5, 0.6) is 0 Å². The van der Waals surface area contributed by atoms with E-state index in [2.05, 4.69) is 31.0 Å². The number of nitrogens with one attached hydrogen (secondary N) is 3. The summed E-state index contributed by atoms with van der Waals surface area (Å²) in [7, 11) is 0. The molecule has 34 heteroatoms. The first-order chi connectivity index (χ1) is 44.6. The smallest absolute Gasteiger partial charge is 1.00 e. The van der Waals surface area contributed by atoms with Crippen LogP contribution >= 0.6 is 46.4 Å². The summed E-state index contributed by atoms with van der Waals surface area (Å²) in [5.74, 6) is -5.04. The van der Waals surface area contributed by atoms with E-state index in [-0.39, 0.29) is 224 Å². The maximum Gasteiger partial charge on any atom is 1.00 e. The SMILES string of the molecule is NC(=O)c1nn(CC(=O)N(CC(=O)NCc2cccc(Cl)c2F)C2CCOC2)c2ccccc12.NC(=O)c1nn(CC(=O)O)c2ccccc12.NC1CCOC1.O=C(CCl)CCc1cccc(Cl)c1F.O=C(CNC1CCOC1)NCc1cccc(Cl)c1F.O=CO[O-].[H-].[K+].[K+]. The number of aliphatic carboxylic acids is 1. The van der Waals surface area contributed by atoms with Crippen LogP contribution in [0, 0.1) is 17.5 Å². The van der Waals surface area contributed by atoms with Crippen LogP contribution in [0.1, 0.15) is 64.8 Å². The van der Waals surface area contributed by atoms with Gasteiger partial charge in [0.05, 0.1) is 70.9 Å². The Hall–Kier alpha value is -5.02. The minimum atomic E-state index is -1.02. The number of carboxylic acids is 1. The minimum absolute atomic E-state index is 0. The molecule has 10 N–H and O–H groups in total. The molecule has 2 aromatic heterocycles. The molecule has 7 aromatic rings. The second-order valence-corrected chi connectivity index (χ2v) is 21.8. The summed E-state index contributed by atoms with van der Waals surface area (Å²) in [4.78, 5) is 94.6. The third-order valence-electron chi connectivity index (χ3n) is 13.7. The van der Waals surface area contributed by atoms with E-state index in [0.29, 0.717) is 71.6 Å². The van der Waals surface area contributed by atoms with Gasteiger partial charge in [0.15, 0.2) is 11.4 Å². The number of nitrogens with zero attached hydrogens (tertiary/aromatic N) is 5. The van der Waals surface area contributed by atoms with Crippen molar-refractivity contribution in [2.75, 3.05) is 58.6 Å². The predicted octanol–water partition coefficient (Wildman–Crippen LogP) is -0.936. The second-order valence-electron chi connectivity index (χ2n) is 20.3. The molecule has 502 valence electrons. The molecule has 3 fully saturated rings. The van der Waals surface area contributed by atoms with E-state index in [1.165, 1.54) is 38.5 Å². The summed E-state index contributed by atoms with van der Waals surface area (Å²) in [6.07, 6.45) is 3.13. The fourth-order valence-corrected chi connectivity index (χ4v) is 9.71. The average Bonchev–Trinajstić information content (AvgIpc) is 1.65. The van der Waals surface area contributed by atoms with Crippen molar-refractivity contribution in [1.29, 1.82) is 0 Å². The fraction of sp³-hybridized carbons (Fsp3) is 0.344. The van der Waals surface area contributed by atoms with Crippen molar-refractivity contribution in [2.45, 2.75) is 76.4 Å². The molecule has 3 atom stereocenters. The second kappa shape index (κ2) is 44.8. The number of ketones is 1. The van der Waals surface area contributed by atoms with Gasteiger partial charge in [-0.2, -0.15) is 10.2 Å². The number of ether oxygens (including phenoxy) is 3. The van der Waals surface area contributed by atoms with Crippen LogP contribution in [0.3, 0.4) is 0 Å². The molecule has 3 aliphatic heterocycles. The topological polar surface area (TPSA) is 370 Å². The van der Waals surface area contributed by atoms with E-state index in [0.717, 1.165) is 32.7 Å². The van der Waals surface area contributed by atoms with Gasteiger partial charge in [-0.15, -0.1) is 11.6 Å². The van der Waals surface area contributed by atoms with Crippen molar-refractivity contribution in [2.24, 2.45) is 17.2 Å². The monoisotopic (exact) mass is 1450 g/mol. The molecule has 25 nitrogen and oxygen atoms in total. The van der Waals surface area contributed by atoms with Gasteiger partial charge in [0, 0.05) is 73.3 Å². The average molecular weight is 1460 g/mol. The van der Waals surface area contributed by atoms with Gasteiger partial charge in [0.1, 0.15) is 36.3 Å². The maximum absolute atomic E-state index is 14.1. The Morgan fingerprint density at radius 1 is 0.674 bits per heavy atom. The van der Waals surface area contributed by atoms with Crippen LogP contribution < -0.4 is 141 Å². The summed E-state index contributed by atoms with van der Waals surface area (Å²) < 4.78 is 59.1. The van der Waals surface area contributed by atoms with E-state index in [1.807, 2.05) is 0 Å². The quantitative estimate of drug-likeness (QED) is 0.0150. The first-order valence-electron chi connectivity index (χ1n) is 28.4. The Labute approximate surface area is 650 Å². The van der Waals surface area contributed by atoms with Gasteiger partial charge in [-0.25, -0.2) is 13.2 Å². The molecule has 95 heavy (non-hydrogen) atoms. The van der Waals surface area contributed by atoms with Gasteiger partial charge in [-0.1, -0.05) is 108 Å². The number of hydrogen-bond acceptors (Lipinski definition) is 17. The molecule has 5 amide bonds. The zero-order valence-corrected chi connectivity index (χ0v) is 61.0. The van der Waals surface area contributed by atoms with Crippen molar-refractivity contribution < 1.29 is 185 Å². The number of amides is 5. The van der Waals surface area contributed by atoms with Crippen molar-refractivity contribution in [3.8, 4) is 0 Å². The van der Waals surface area contributed by atoms with Gasteiger partial charge in [0.25, 0.3) is 18.3 Å². The molecule has 5 aromatic carbocycles. The molecule has 0 aliphatic carbocycles. The Morgan fingerprint density at radius 3 is 1.57 bits per heavy atom. The molecule has 0 saturated carbocycles. The van der Waals surface area contributed by atoms with E-state index >= 15 is 0 Å². The Morgan fingerprint density at radius 2 is 1.14 bits per heavy atom. The third-order valence-corrected chi connectivity index (χ3v) is 14.9. The van der Waals surface area contributed by atoms with Crippen LogP contribution in [-0.4, -0.2) is 154 Å². The number of halogens is 7. The van der Waals surface area contributed by atoms with Crippen molar-refractivity contribution in [3.63, 3.8) is 0 Å². The Balaban J connectivity index is 0.000000433. The van der Waals surface area contributed by atoms with Crippen molar-refractivity contribution in [1.82, 2.24) is 40.4 Å². The van der Waals surface area contributed by atoms with Crippen LogP contribution in [-0.2, 0) is 80.5 Å². The predicted molar refractivity (Wildman–Crippen MR) is 336 cm³/mol. The molecular weight excluding hydrogens is 1390 g/mol. The molecule has 0 bridgehead atoms. The number of para-hydroxylation sites is 2. The molecule has 3 unspecified atom stereocenters. The fourth-order valence-electron chi connectivity index (χ4n) is 8.99. The number of carbonyl (C=O) groups excluding carboxylic acids is 7. The maximum atomic E-state index is 14.1. The van der Waals surface area contributed by atoms with Crippen LogP contribution in [0.25, 0.3) is 21.8 Å². The number of carbonyl (C=O) groups is 8. The summed E-state index contributed by atoms with van der Waals surface area (Å²) >= 11 is 22.3. The van der Waals surface area contributed by atoms with Crippen molar-refractivity contribution in [3.05, 3.63) is 164 Å². The molecule has 0 radical (unpaired) electrons. The first kappa shape index (κ1) is 84.2. The van der Waals surface area contributed by atoms with Crippen LogP contribution in [0.4, 0.5) is 13.2 Å². The van der Waals surface area contributed by atoms with Gasteiger partial charge in [0.2, 0.25) is 17.7 Å². The van der Waals surface area contributed by atoms with Crippen LogP contribution in [0.15, 0.2) is 103 Å². The first-order valence-corrected chi connectivity index (χ1v) is 30.1. The number of Topliss-reactive ketones (excluding diaryl/α,β-unsaturated/α-hetero) is 1. The standard InChI is InChI=1S/C23H23ClFN5O4.C13H16ClFN2O2.C10H9Cl2FO.C10H9N3O3.C4H9NO.CH2O3.2K.H/c24-17-6-3-4-14(21(17)25)10-27-19(31)11-29(15-8-9-34-13-15)20(32)12-30-18-7-2-1-5-16(18)22(28-30)23(26)33;14-11-3-1-2-9(13(11)15)6-17-12(18)7-16-10-4-5-19-8-10;11-6-8(14)5-4-7-2-1-3-9(12)10(7)13;11-10(16)9-6-3-1-2-4-7(6)13(12-9)5-8(14)15;5-4-1-2-6-3-4;2-1-4-3;;;/h1-7,15H,8-13H2,(H2,26,33)(H,27,31);1-3,10,16H,4-8H2,(H,17,18);1-3H,4-6H2;1-4H,5H2,(H2,11,16)(H,14,15);4H,1-3,5H2;1,3H;;;/q;;;;;;2*+1;-1/p-1. The zero-order valence-electron chi connectivity index (χ0n) is 52.7. The number of aromatic nitrogens is 4. The molecule has 0 spiro atoms. The number of hydrogen-bond donors (Lipinski definition) is 7. The molecule has 5 heterocycles. The normalized spacial score (nSPS) is 14.9. The largest absolute Gasteiger partial charge is 1.00 e. The number of fused-ring (bicyclic) bond motifs is 2. The summed E-state index contributed by atoms with van der Waals surface area (Å²) in [6.45, 7) is 3.12. The summed E-state index contributed by atoms with van der Waals surface area (Å²) in [5.41, 5.74) is 18.4. The third kappa shape index (κ3) is 28.0. The van der Waals surface area contributed by atoms with E-state index < -0.39 is 41.1 Å². The summed E-state index contributed by atoms with van der Waals surface area (Å²) in [6, 6.07) is 28.1. The molecule has 3 saturated heterocycles.